The second-order valence-electron chi connectivity index (χ2n) is 5.15. The van der Waals surface area contributed by atoms with Crippen molar-refractivity contribution < 1.29 is 0 Å². The van der Waals surface area contributed by atoms with Gasteiger partial charge in [-0.25, -0.2) is 0 Å². The van der Waals surface area contributed by atoms with Crippen molar-refractivity contribution in [3.8, 4) is 0 Å². The molecule has 1 atom stereocenters. The molecule has 0 saturated carbocycles. The first-order valence-electron chi connectivity index (χ1n) is 6.91. The highest BCUT2D eigenvalue weighted by molar-refractivity contribution is 5.91. The van der Waals surface area contributed by atoms with Crippen LogP contribution in [0.5, 0.6) is 0 Å². The topological polar surface area (TPSA) is 24.9 Å². The number of benzene rings is 2. The molecule has 0 aliphatic heterocycles. The van der Waals surface area contributed by atoms with Gasteiger partial charge in [0.2, 0.25) is 0 Å². The molecule has 0 radical (unpaired) electrons. The van der Waals surface area contributed by atoms with E-state index in [2.05, 4.69) is 60.5 Å². The van der Waals surface area contributed by atoms with Crippen LogP contribution in [0.2, 0.25) is 0 Å². The smallest absolute Gasteiger partial charge is 0.0722 e. The number of fused-ring (bicyclic) bond motifs is 1. The molecular formula is C18H18N2. The predicted molar refractivity (Wildman–Crippen MR) is 85.0 cm³/mol. The van der Waals surface area contributed by atoms with Gasteiger partial charge in [-0.2, -0.15) is 0 Å². The lowest BCUT2D eigenvalue weighted by atomic mass is 10.1. The molecule has 0 bridgehead atoms. The fourth-order valence-corrected chi connectivity index (χ4v) is 2.40. The summed E-state index contributed by atoms with van der Waals surface area (Å²) in [6.07, 6.45) is 1.83. The molecule has 0 spiro atoms. The molecule has 2 aromatic carbocycles. The molecule has 3 rings (SSSR count). The molecule has 1 aromatic heterocycles. The van der Waals surface area contributed by atoms with Gasteiger partial charge in [-0.15, -0.1) is 0 Å². The zero-order valence-electron chi connectivity index (χ0n) is 11.8. The van der Waals surface area contributed by atoms with Crippen LogP contribution in [0.4, 0.5) is 5.69 Å². The SMILES string of the molecule is Cc1ccc(C(C)Nc2cccc3ncccc23)cc1. The summed E-state index contributed by atoms with van der Waals surface area (Å²) in [6, 6.07) is 19.2. The van der Waals surface area contributed by atoms with Gasteiger partial charge in [0.05, 0.1) is 5.52 Å². The summed E-state index contributed by atoms with van der Waals surface area (Å²) in [6.45, 7) is 4.29. The van der Waals surface area contributed by atoms with Gasteiger partial charge in [0.15, 0.2) is 0 Å². The number of aromatic nitrogens is 1. The Morgan fingerprint density at radius 2 is 1.75 bits per heavy atom. The van der Waals surface area contributed by atoms with Crippen molar-refractivity contribution >= 4 is 16.6 Å². The molecule has 0 amide bonds. The molecule has 1 heterocycles. The maximum atomic E-state index is 4.39. The molecule has 100 valence electrons. The van der Waals surface area contributed by atoms with Crippen LogP contribution < -0.4 is 5.32 Å². The Hall–Kier alpha value is -2.35. The minimum Gasteiger partial charge on any atom is -0.378 e. The van der Waals surface area contributed by atoms with Crippen molar-refractivity contribution in [2.45, 2.75) is 19.9 Å². The molecule has 2 nitrogen and oxygen atoms in total. The normalized spacial score (nSPS) is 12.3. The van der Waals surface area contributed by atoms with Gasteiger partial charge >= 0.3 is 0 Å². The van der Waals surface area contributed by atoms with Crippen LogP contribution in [-0.2, 0) is 0 Å². The van der Waals surface area contributed by atoms with Crippen LogP contribution in [0, 0.1) is 6.92 Å². The van der Waals surface area contributed by atoms with Crippen molar-refractivity contribution in [3.05, 3.63) is 71.9 Å². The lowest BCUT2D eigenvalue weighted by Crippen LogP contribution is -2.06. The van der Waals surface area contributed by atoms with E-state index in [-0.39, 0.29) is 6.04 Å². The van der Waals surface area contributed by atoms with E-state index < -0.39 is 0 Å². The molecule has 3 aromatic rings. The van der Waals surface area contributed by atoms with Crippen LogP contribution in [0.3, 0.4) is 0 Å². The van der Waals surface area contributed by atoms with Gasteiger partial charge in [0.1, 0.15) is 0 Å². The average Bonchev–Trinajstić information content (AvgIpc) is 2.48. The Labute approximate surface area is 119 Å². The predicted octanol–water partition coefficient (Wildman–Crippen LogP) is 4.72. The third-order valence-electron chi connectivity index (χ3n) is 3.60. The average molecular weight is 262 g/mol. The second-order valence-corrected chi connectivity index (χ2v) is 5.15. The summed E-state index contributed by atoms with van der Waals surface area (Å²) >= 11 is 0. The van der Waals surface area contributed by atoms with Crippen molar-refractivity contribution in [1.82, 2.24) is 4.98 Å². The van der Waals surface area contributed by atoms with Crippen LogP contribution in [0.25, 0.3) is 10.9 Å². The monoisotopic (exact) mass is 262 g/mol. The minimum atomic E-state index is 0.265. The number of anilines is 1. The van der Waals surface area contributed by atoms with Gasteiger partial charge in [-0.05, 0) is 43.7 Å². The van der Waals surface area contributed by atoms with Crippen molar-refractivity contribution in [2.75, 3.05) is 5.32 Å². The van der Waals surface area contributed by atoms with Gasteiger partial charge < -0.3 is 5.32 Å². The Balaban J connectivity index is 1.91. The molecule has 0 saturated heterocycles. The third kappa shape index (κ3) is 2.50. The summed E-state index contributed by atoms with van der Waals surface area (Å²) in [5.41, 5.74) is 4.73. The quantitative estimate of drug-likeness (QED) is 0.739. The van der Waals surface area contributed by atoms with Gasteiger partial charge in [-0.3, -0.25) is 4.98 Å². The van der Waals surface area contributed by atoms with E-state index in [9.17, 15) is 0 Å². The summed E-state index contributed by atoms with van der Waals surface area (Å²) in [5, 5.41) is 4.74. The Morgan fingerprint density at radius 3 is 2.55 bits per heavy atom. The summed E-state index contributed by atoms with van der Waals surface area (Å²) in [7, 11) is 0. The second kappa shape index (κ2) is 5.33. The number of hydrogen-bond donors (Lipinski definition) is 1. The van der Waals surface area contributed by atoms with Gasteiger partial charge in [-0.1, -0.05) is 35.9 Å². The minimum absolute atomic E-state index is 0.265. The lowest BCUT2D eigenvalue weighted by molar-refractivity contribution is 0.886. The first-order valence-corrected chi connectivity index (χ1v) is 6.91. The highest BCUT2D eigenvalue weighted by atomic mass is 14.9. The third-order valence-corrected chi connectivity index (χ3v) is 3.60. The maximum Gasteiger partial charge on any atom is 0.0722 e. The summed E-state index contributed by atoms with van der Waals surface area (Å²) in [5.74, 6) is 0. The molecule has 0 aliphatic carbocycles. The standard InChI is InChI=1S/C18H18N2/c1-13-8-10-15(11-9-13)14(2)20-18-7-3-6-17-16(18)5-4-12-19-17/h3-12,14,20H,1-2H3. The van der Waals surface area contributed by atoms with Gasteiger partial charge in [0, 0.05) is 23.3 Å². The molecule has 2 heteroatoms. The number of hydrogen-bond acceptors (Lipinski definition) is 2. The Kier molecular flexibility index (Phi) is 3.38. The van der Waals surface area contributed by atoms with E-state index in [0.717, 1.165) is 16.6 Å². The van der Waals surface area contributed by atoms with Crippen LogP contribution in [-0.4, -0.2) is 4.98 Å². The highest BCUT2D eigenvalue weighted by Gasteiger charge is 2.07. The zero-order valence-corrected chi connectivity index (χ0v) is 11.8. The molecule has 0 aliphatic rings. The fourth-order valence-electron chi connectivity index (χ4n) is 2.40. The first kappa shape index (κ1) is 12.7. The van der Waals surface area contributed by atoms with Crippen molar-refractivity contribution in [1.29, 1.82) is 0 Å². The number of aryl methyl sites for hydroxylation is 1. The van der Waals surface area contributed by atoms with Crippen LogP contribution >= 0.6 is 0 Å². The lowest BCUT2D eigenvalue weighted by Gasteiger charge is -2.17. The number of nitrogens with one attached hydrogen (secondary N) is 1. The number of pyridine rings is 1. The van der Waals surface area contributed by atoms with Crippen molar-refractivity contribution in [2.24, 2.45) is 0 Å². The molecule has 1 unspecified atom stereocenters. The fraction of sp³-hybridized carbons (Fsp3) is 0.167. The van der Waals surface area contributed by atoms with Crippen molar-refractivity contribution in [3.63, 3.8) is 0 Å². The van der Waals surface area contributed by atoms with Gasteiger partial charge in [0.25, 0.3) is 0 Å². The van der Waals surface area contributed by atoms with E-state index >= 15 is 0 Å². The van der Waals surface area contributed by atoms with Crippen LogP contribution in [0.15, 0.2) is 60.8 Å². The van der Waals surface area contributed by atoms with E-state index in [1.807, 2.05) is 24.4 Å². The zero-order chi connectivity index (χ0) is 13.9. The molecule has 20 heavy (non-hydrogen) atoms. The number of nitrogens with zero attached hydrogens (tertiary/aromatic N) is 1. The maximum absolute atomic E-state index is 4.39. The Morgan fingerprint density at radius 1 is 0.950 bits per heavy atom. The van der Waals surface area contributed by atoms with E-state index in [1.165, 1.54) is 11.1 Å². The largest absolute Gasteiger partial charge is 0.378 e. The highest BCUT2D eigenvalue weighted by Crippen LogP contribution is 2.26. The summed E-state index contributed by atoms with van der Waals surface area (Å²) < 4.78 is 0. The molecule has 1 N–H and O–H groups in total. The van der Waals surface area contributed by atoms with E-state index in [1.54, 1.807) is 0 Å². The first-order chi connectivity index (χ1) is 9.74. The number of rotatable bonds is 3. The van der Waals surface area contributed by atoms with E-state index in [4.69, 9.17) is 0 Å². The van der Waals surface area contributed by atoms with E-state index in [0.29, 0.717) is 0 Å². The Bertz CT molecular complexity index is 712. The van der Waals surface area contributed by atoms with Crippen LogP contribution in [0.1, 0.15) is 24.1 Å². The molecule has 0 fully saturated rings. The summed E-state index contributed by atoms with van der Waals surface area (Å²) in [4.78, 5) is 4.39. The molecular weight excluding hydrogens is 244 g/mol.